The van der Waals surface area contributed by atoms with Crippen LogP contribution in [0.4, 0.5) is 0 Å². The molecule has 0 spiro atoms. The number of unbranched alkanes of at least 4 members (excludes halogenated alkanes) is 20. The van der Waals surface area contributed by atoms with Crippen LogP contribution in [-0.4, -0.2) is 11.1 Å². The molecule has 0 bridgehead atoms. The van der Waals surface area contributed by atoms with E-state index in [1.165, 1.54) is 141 Å². The van der Waals surface area contributed by atoms with E-state index >= 15 is 0 Å². The first-order chi connectivity index (χ1) is 18.7. The van der Waals surface area contributed by atoms with Gasteiger partial charge in [0.05, 0.1) is 0 Å². The van der Waals surface area contributed by atoms with E-state index in [9.17, 15) is 4.79 Å². The van der Waals surface area contributed by atoms with Crippen molar-refractivity contribution in [2.75, 3.05) is 0 Å². The number of rotatable bonds is 29. The molecule has 0 aromatic heterocycles. The number of aliphatic carboxylic acids is 1. The molecule has 38 heavy (non-hydrogen) atoms. The van der Waals surface area contributed by atoms with Crippen LogP contribution < -0.4 is 0 Å². The molecule has 2 nitrogen and oxygen atoms in total. The lowest BCUT2D eigenvalue weighted by molar-refractivity contribution is -0.131. The first-order valence-corrected chi connectivity index (χ1v) is 16.7. The van der Waals surface area contributed by atoms with Crippen molar-refractivity contribution in [3.05, 3.63) is 24.8 Å². The molecule has 0 aliphatic heterocycles. The Bertz CT molecular complexity index is 594. The van der Waals surface area contributed by atoms with E-state index < -0.39 is 5.97 Å². The van der Waals surface area contributed by atoms with Crippen molar-refractivity contribution in [1.82, 2.24) is 0 Å². The molecule has 0 saturated heterocycles. The van der Waals surface area contributed by atoms with Gasteiger partial charge in [-0.1, -0.05) is 141 Å². The van der Waals surface area contributed by atoms with Crippen LogP contribution in [0.15, 0.2) is 24.8 Å². The summed E-state index contributed by atoms with van der Waals surface area (Å²) in [6, 6.07) is 0. The smallest absolute Gasteiger partial charge is 0.327 e. The lowest BCUT2D eigenvalue weighted by Crippen LogP contribution is -2.01. The summed E-state index contributed by atoms with van der Waals surface area (Å²) in [7, 11) is 0. The number of hydrogen-bond donors (Lipinski definition) is 1. The molecule has 0 aliphatic rings. The maximum atomic E-state index is 10.4. The van der Waals surface area contributed by atoms with Crippen molar-refractivity contribution in [3.8, 4) is 11.8 Å². The van der Waals surface area contributed by atoms with Gasteiger partial charge >= 0.3 is 5.97 Å². The van der Waals surface area contributed by atoms with Gasteiger partial charge in [-0.25, -0.2) is 4.79 Å². The molecule has 0 radical (unpaired) electrons. The van der Waals surface area contributed by atoms with Gasteiger partial charge in [-0.05, 0) is 44.4 Å². The highest BCUT2D eigenvalue weighted by Gasteiger charge is 2.08. The summed E-state index contributed by atoms with van der Waals surface area (Å²) in [5.74, 6) is 6.79. The first kappa shape index (κ1) is 36.5. The van der Waals surface area contributed by atoms with Crippen molar-refractivity contribution in [2.45, 2.75) is 180 Å². The quantitative estimate of drug-likeness (QED) is 0.0453. The van der Waals surface area contributed by atoms with Gasteiger partial charge in [-0.3, -0.25) is 0 Å². The first-order valence-electron chi connectivity index (χ1n) is 16.7. The number of carboxylic acids is 1. The van der Waals surface area contributed by atoms with E-state index in [1.54, 1.807) is 6.08 Å². The molecule has 0 saturated carbocycles. The number of carboxylic acid groups (broad SMARTS) is 1. The zero-order valence-corrected chi connectivity index (χ0v) is 25.5. The zero-order valence-electron chi connectivity index (χ0n) is 25.5. The second kappa shape index (κ2) is 31.7. The van der Waals surface area contributed by atoms with Crippen molar-refractivity contribution < 1.29 is 9.90 Å². The minimum absolute atomic E-state index is 0.852. The van der Waals surface area contributed by atoms with Crippen LogP contribution in [0.1, 0.15) is 180 Å². The molecule has 0 aromatic rings. The standard InChI is InChI=1S/C36H64O2/c1-3-5-7-9-10-20-24-28-32-35(31-27-23-8-6-4-2)33-29-25-21-18-16-14-12-11-13-15-17-19-22-26-30-34-36(37)38/h3,30,34-35H,1,4-10,12,14-29,31-33H2,2H3,(H,37,38)/b34-30+. The Morgan fingerprint density at radius 2 is 1.05 bits per heavy atom. The van der Waals surface area contributed by atoms with Crippen LogP contribution in [0, 0.1) is 17.8 Å². The Kier molecular flexibility index (Phi) is 30.5. The SMILES string of the molecule is C=CCCCCCCCCC(CCCCCCC)CCCCCCCCC#CCCCCC/C=C/C(=O)O. The predicted molar refractivity (Wildman–Crippen MR) is 169 cm³/mol. The van der Waals surface area contributed by atoms with E-state index in [0.29, 0.717) is 0 Å². The van der Waals surface area contributed by atoms with Gasteiger partial charge in [0, 0.05) is 18.9 Å². The molecule has 0 rings (SSSR count). The third-order valence-corrected chi connectivity index (χ3v) is 7.71. The second-order valence-electron chi connectivity index (χ2n) is 11.4. The van der Waals surface area contributed by atoms with Crippen molar-refractivity contribution in [1.29, 1.82) is 0 Å². The maximum Gasteiger partial charge on any atom is 0.327 e. The lowest BCUT2D eigenvalue weighted by atomic mass is 9.89. The molecule has 1 N–H and O–H groups in total. The Hall–Kier alpha value is -1.49. The maximum absolute atomic E-state index is 10.4. The summed E-state index contributed by atoms with van der Waals surface area (Å²) in [5.41, 5.74) is 0. The summed E-state index contributed by atoms with van der Waals surface area (Å²) >= 11 is 0. The summed E-state index contributed by atoms with van der Waals surface area (Å²) in [6.07, 6.45) is 40.6. The van der Waals surface area contributed by atoms with Gasteiger partial charge in [-0.2, -0.15) is 0 Å². The van der Waals surface area contributed by atoms with Crippen molar-refractivity contribution >= 4 is 5.97 Å². The average molecular weight is 529 g/mol. The molecular formula is C36H64O2. The van der Waals surface area contributed by atoms with Gasteiger partial charge < -0.3 is 5.11 Å². The molecule has 220 valence electrons. The Balaban J connectivity index is 3.75. The molecule has 0 fully saturated rings. The molecule has 1 unspecified atom stereocenters. The van der Waals surface area contributed by atoms with E-state index in [-0.39, 0.29) is 0 Å². The Morgan fingerprint density at radius 1 is 0.632 bits per heavy atom. The molecule has 0 aromatic carbocycles. The highest BCUT2D eigenvalue weighted by Crippen LogP contribution is 2.24. The predicted octanol–water partition coefficient (Wildman–Crippen LogP) is 12.0. The molecule has 0 amide bonds. The summed E-state index contributed by atoms with van der Waals surface area (Å²) < 4.78 is 0. The van der Waals surface area contributed by atoms with Crippen LogP contribution in [0.5, 0.6) is 0 Å². The average Bonchev–Trinajstić information content (AvgIpc) is 2.91. The molecule has 0 heterocycles. The minimum atomic E-state index is -0.852. The zero-order chi connectivity index (χ0) is 27.8. The minimum Gasteiger partial charge on any atom is -0.478 e. The highest BCUT2D eigenvalue weighted by atomic mass is 16.4. The summed E-state index contributed by atoms with van der Waals surface area (Å²) in [5, 5.41) is 8.55. The number of allylic oxidation sites excluding steroid dienone is 2. The van der Waals surface area contributed by atoms with E-state index in [1.807, 2.05) is 0 Å². The van der Waals surface area contributed by atoms with Crippen LogP contribution in [-0.2, 0) is 4.79 Å². The van der Waals surface area contributed by atoms with E-state index in [2.05, 4.69) is 31.4 Å². The normalized spacial score (nSPS) is 11.9. The molecule has 1 atom stereocenters. The fourth-order valence-electron chi connectivity index (χ4n) is 5.27. The summed E-state index contributed by atoms with van der Waals surface area (Å²) in [4.78, 5) is 10.4. The van der Waals surface area contributed by atoms with Crippen LogP contribution >= 0.6 is 0 Å². The Morgan fingerprint density at radius 3 is 1.55 bits per heavy atom. The van der Waals surface area contributed by atoms with Gasteiger partial charge in [0.2, 0.25) is 0 Å². The van der Waals surface area contributed by atoms with Crippen LogP contribution in [0.2, 0.25) is 0 Å². The lowest BCUT2D eigenvalue weighted by Gasteiger charge is -2.17. The Labute approximate surface area is 238 Å². The van der Waals surface area contributed by atoms with E-state index in [0.717, 1.165) is 44.4 Å². The molecule has 2 heteroatoms. The fourth-order valence-corrected chi connectivity index (χ4v) is 5.27. The third kappa shape index (κ3) is 30.7. The topological polar surface area (TPSA) is 37.3 Å². The highest BCUT2D eigenvalue weighted by molar-refractivity contribution is 5.79. The van der Waals surface area contributed by atoms with Crippen molar-refractivity contribution in [3.63, 3.8) is 0 Å². The van der Waals surface area contributed by atoms with Gasteiger partial charge in [0.15, 0.2) is 0 Å². The van der Waals surface area contributed by atoms with Crippen molar-refractivity contribution in [2.24, 2.45) is 5.92 Å². The molecular weight excluding hydrogens is 464 g/mol. The third-order valence-electron chi connectivity index (χ3n) is 7.71. The summed E-state index contributed by atoms with van der Waals surface area (Å²) in [6.45, 7) is 6.14. The number of hydrogen-bond acceptors (Lipinski definition) is 1. The largest absolute Gasteiger partial charge is 0.478 e. The van der Waals surface area contributed by atoms with E-state index in [4.69, 9.17) is 5.11 Å². The van der Waals surface area contributed by atoms with Crippen LogP contribution in [0.3, 0.4) is 0 Å². The van der Waals surface area contributed by atoms with Gasteiger partial charge in [0.25, 0.3) is 0 Å². The van der Waals surface area contributed by atoms with Gasteiger partial charge in [0.1, 0.15) is 0 Å². The van der Waals surface area contributed by atoms with Crippen LogP contribution in [0.25, 0.3) is 0 Å². The van der Waals surface area contributed by atoms with Gasteiger partial charge in [-0.15, -0.1) is 18.4 Å². The monoisotopic (exact) mass is 528 g/mol. The number of carbonyl (C=O) groups is 1. The fraction of sp³-hybridized carbons (Fsp3) is 0.806. The second-order valence-corrected chi connectivity index (χ2v) is 11.4. The molecule has 0 aliphatic carbocycles.